The van der Waals surface area contributed by atoms with Crippen LogP contribution in [0.4, 0.5) is 4.79 Å². The average molecular weight is 457 g/mol. The standard InChI is InChI=1S/C24H32N4O5/c1-3-5-9-14-32-26-20-17(15-19(29)21-22(20)33-21)12-13-27-24(31)28(23(30)25-27)18(4-2)16-10-7-6-8-11-16/h1,6-8,10-11,17-19,21-22,24,29,31H,4-5,9,12-15H2,2H3,(H,25,30)/b26-20-/t17-,18-,19-,21-,22+,24?/m0/s1. The number of hydrogen-bond acceptors (Lipinski definition) is 7. The number of aliphatic hydroxyl groups is 2. The van der Waals surface area contributed by atoms with E-state index in [4.69, 9.17) is 16.0 Å². The van der Waals surface area contributed by atoms with Crippen LogP contribution >= 0.6 is 0 Å². The van der Waals surface area contributed by atoms with Gasteiger partial charge in [0, 0.05) is 18.9 Å². The fraction of sp³-hybridized carbons (Fsp3) is 0.583. The number of carbonyl (C=O) groups is 1. The molecule has 0 aromatic heterocycles. The molecule has 4 rings (SSSR count). The Balaban J connectivity index is 1.38. The summed E-state index contributed by atoms with van der Waals surface area (Å²) in [6.45, 7) is 2.80. The molecule has 3 aliphatic rings. The molecule has 1 unspecified atom stereocenters. The number of epoxide rings is 1. The van der Waals surface area contributed by atoms with Crippen LogP contribution in [0.1, 0.15) is 50.6 Å². The molecule has 1 aliphatic carbocycles. The number of unbranched alkanes of at least 4 members (excludes halogenated alkanes) is 1. The highest BCUT2D eigenvalue weighted by Gasteiger charge is 2.55. The van der Waals surface area contributed by atoms with E-state index in [-0.39, 0.29) is 30.2 Å². The quantitative estimate of drug-likeness (QED) is 0.215. The Labute approximate surface area is 194 Å². The van der Waals surface area contributed by atoms with E-state index in [1.165, 1.54) is 9.91 Å². The number of aliphatic hydroxyl groups excluding tert-OH is 2. The summed E-state index contributed by atoms with van der Waals surface area (Å²) >= 11 is 0. The number of rotatable bonds is 10. The Bertz CT molecular complexity index is 889. The Morgan fingerprint density at radius 3 is 2.88 bits per heavy atom. The highest BCUT2D eigenvalue weighted by Crippen LogP contribution is 2.40. The SMILES string of the molecule is C#CCCCO/N=C1/[C@@H](CCN2NC(=O)N([C@@H](CC)c3ccccc3)C2O)C[C@H](O)[C@@H]2O[C@H]12. The molecule has 3 fully saturated rings. The van der Waals surface area contributed by atoms with Crippen molar-refractivity contribution in [1.82, 2.24) is 15.3 Å². The van der Waals surface area contributed by atoms with Gasteiger partial charge in [0.25, 0.3) is 0 Å². The summed E-state index contributed by atoms with van der Waals surface area (Å²) in [5.74, 6) is 2.49. The molecule has 2 amide bonds. The molecule has 9 nitrogen and oxygen atoms in total. The maximum Gasteiger partial charge on any atom is 0.335 e. The molecule has 0 spiro atoms. The number of amides is 2. The van der Waals surface area contributed by atoms with Gasteiger partial charge in [-0.3, -0.25) is 10.3 Å². The maximum atomic E-state index is 12.7. The molecular weight excluding hydrogens is 424 g/mol. The molecule has 33 heavy (non-hydrogen) atoms. The van der Waals surface area contributed by atoms with E-state index in [2.05, 4.69) is 16.5 Å². The van der Waals surface area contributed by atoms with Crippen LogP contribution in [0.15, 0.2) is 35.5 Å². The van der Waals surface area contributed by atoms with Crippen molar-refractivity contribution in [2.45, 2.75) is 69.7 Å². The number of fused-ring (bicyclic) bond motifs is 1. The van der Waals surface area contributed by atoms with Crippen LogP contribution in [-0.4, -0.2) is 69.7 Å². The van der Waals surface area contributed by atoms with Crippen LogP contribution in [0.3, 0.4) is 0 Å². The van der Waals surface area contributed by atoms with Gasteiger partial charge < -0.3 is 19.8 Å². The third-order valence-corrected chi connectivity index (χ3v) is 6.49. The van der Waals surface area contributed by atoms with Gasteiger partial charge in [0.15, 0.2) is 0 Å². The van der Waals surface area contributed by atoms with Crippen LogP contribution in [0.25, 0.3) is 0 Å². The lowest BCUT2D eigenvalue weighted by Crippen LogP contribution is -2.44. The first-order chi connectivity index (χ1) is 16.0. The second kappa shape index (κ2) is 10.5. The number of benzene rings is 1. The largest absolute Gasteiger partial charge is 0.396 e. The summed E-state index contributed by atoms with van der Waals surface area (Å²) in [4.78, 5) is 19.6. The third-order valence-electron chi connectivity index (χ3n) is 6.49. The first kappa shape index (κ1) is 23.5. The molecule has 3 N–H and O–H groups in total. The molecule has 178 valence electrons. The zero-order valence-corrected chi connectivity index (χ0v) is 18.8. The zero-order chi connectivity index (χ0) is 23.4. The second-order valence-electron chi connectivity index (χ2n) is 8.67. The molecule has 2 aliphatic heterocycles. The number of terminal acetylenes is 1. The lowest BCUT2D eigenvalue weighted by molar-refractivity contribution is -0.0795. The van der Waals surface area contributed by atoms with Crippen molar-refractivity contribution in [2.24, 2.45) is 11.1 Å². The third kappa shape index (κ3) is 5.14. The van der Waals surface area contributed by atoms with Crippen molar-refractivity contribution >= 4 is 11.7 Å². The number of oxime groups is 1. The predicted octanol–water partition coefficient (Wildman–Crippen LogP) is 1.98. The van der Waals surface area contributed by atoms with Gasteiger partial charge in [-0.15, -0.1) is 12.3 Å². The van der Waals surface area contributed by atoms with Crippen molar-refractivity contribution in [3.8, 4) is 12.3 Å². The van der Waals surface area contributed by atoms with Gasteiger partial charge in [-0.25, -0.2) is 4.79 Å². The minimum Gasteiger partial charge on any atom is -0.396 e. The molecule has 9 heteroatoms. The minimum atomic E-state index is -1.10. The number of ether oxygens (including phenoxy) is 1. The summed E-state index contributed by atoms with van der Waals surface area (Å²) in [6.07, 6.45) is 6.24. The van der Waals surface area contributed by atoms with E-state index in [0.717, 1.165) is 17.7 Å². The smallest absolute Gasteiger partial charge is 0.335 e. The van der Waals surface area contributed by atoms with Crippen molar-refractivity contribution in [3.63, 3.8) is 0 Å². The molecule has 6 atom stereocenters. The summed E-state index contributed by atoms with van der Waals surface area (Å²) in [5, 5.41) is 27.1. The zero-order valence-electron chi connectivity index (χ0n) is 18.8. The second-order valence-corrected chi connectivity index (χ2v) is 8.67. The Kier molecular flexibility index (Phi) is 7.50. The summed E-state index contributed by atoms with van der Waals surface area (Å²) in [7, 11) is 0. The van der Waals surface area contributed by atoms with E-state index in [9.17, 15) is 15.0 Å². The first-order valence-corrected chi connectivity index (χ1v) is 11.6. The van der Waals surface area contributed by atoms with E-state index >= 15 is 0 Å². The molecule has 0 bridgehead atoms. The lowest BCUT2D eigenvalue weighted by atomic mass is 9.83. The molecule has 1 saturated carbocycles. The van der Waals surface area contributed by atoms with Gasteiger partial charge in [0.1, 0.15) is 18.8 Å². The monoisotopic (exact) mass is 456 g/mol. The summed E-state index contributed by atoms with van der Waals surface area (Å²) in [6, 6.07) is 9.11. The first-order valence-electron chi connectivity index (χ1n) is 11.6. The van der Waals surface area contributed by atoms with E-state index < -0.39 is 12.5 Å². The maximum absolute atomic E-state index is 12.7. The van der Waals surface area contributed by atoms with E-state index in [1.54, 1.807) is 0 Å². The fourth-order valence-electron chi connectivity index (χ4n) is 4.71. The molecule has 2 saturated heterocycles. The van der Waals surface area contributed by atoms with E-state index in [0.29, 0.717) is 38.8 Å². The van der Waals surface area contributed by atoms with Gasteiger partial charge in [-0.1, -0.05) is 42.4 Å². The van der Waals surface area contributed by atoms with Crippen LogP contribution < -0.4 is 5.43 Å². The number of nitrogens with one attached hydrogen (secondary N) is 1. The van der Waals surface area contributed by atoms with Gasteiger partial charge in [0.05, 0.1) is 17.9 Å². The number of hydrazine groups is 1. The Morgan fingerprint density at radius 2 is 2.15 bits per heavy atom. The van der Waals surface area contributed by atoms with E-state index in [1.807, 2.05) is 37.3 Å². The number of hydrogen-bond donors (Lipinski definition) is 3. The number of carbonyl (C=O) groups excluding carboxylic acids is 1. The van der Waals surface area contributed by atoms with Crippen molar-refractivity contribution < 1.29 is 24.6 Å². The van der Waals surface area contributed by atoms with Crippen LogP contribution in [0, 0.1) is 18.3 Å². The van der Waals surface area contributed by atoms with Crippen LogP contribution in [0.2, 0.25) is 0 Å². The average Bonchev–Trinajstić information content (AvgIpc) is 3.58. The van der Waals surface area contributed by atoms with Crippen LogP contribution in [-0.2, 0) is 9.57 Å². The number of nitrogens with zero attached hydrogens (tertiary/aromatic N) is 3. The molecule has 1 aromatic rings. The van der Waals surface area contributed by atoms with Crippen molar-refractivity contribution in [2.75, 3.05) is 13.2 Å². The van der Waals surface area contributed by atoms with Crippen molar-refractivity contribution in [3.05, 3.63) is 35.9 Å². The predicted molar refractivity (Wildman–Crippen MR) is 121 cm³/mol. The van der Waals surface area contributed by atoms with Gasteiger partial charge in [-0.2, -0.15) is 5.01 Å². The van der Waals surface area contributed by atoms with Gasteiger partial charge in [0.2, 0.25) is 6.35 Å². The molecule has 0 radical (unpaired) electrons. The molecular formula is C24H32N4O5. The lowest BCUT2D eigenvalue weighted by Gasteiger charge is -2.31. The highest BCUT2D eigenvalue weighted by atomic mass is 16.6. The molecule has 1 aromatic carbocycles. The van der Waals surface area contributed by atoms with Crippen LogP contribution in [0.5, 0.6) is 0 Å². The fourth-order valence-corrected chi connectivity index (χ4v) is 4.71. The number of urea groups is 1. The highest BCUT2D eigenvalue weighted by molar-refractivity contribution is 5.94. The Hall–Kier alpha value is -2.64. The normalized spacial score (nSPS) is 31.1. The summed E-state index contributed by atoms with van der Waals surface area (Å²) < 4.78 is 5.60. The van der Waals surface area contributed by atoms with Gasteiger partial charge >= 0.3 is 6.03 Å². The Morgan fingerprint density at radius 1 is 1.36 bits per heavy atom. The topological polar surface area (TPSA) is 110 Å². The summed E-state index contributed by atoms with van der Waals surface area (Å²) in [5.41, 5.74) is 4.53. The molecule has 2 heterocycles. The van der Waals surface area contributed by atoms with Crippen molar-refractivity contribution in [1.29, 1.82) is 0 Å². The minimum absolute atomic E-state index is 0.0781. The van der Waals surface area contributed by atoms with Gasteiger partial charge in [-0.05, 0) is 31.2 Å².